The minimum absolute atomic E-state index is 0.0981. The van der Waals surface area contributed by atoms with Crippen LogP contribution in [0.4, 0.5) is 0 Å². The van der Waals surface area contributed by atoms with Crippen LogP contribution in [-0.2, 0) is 11.2 Å². The molecule has 0 bridgehead atoms. The molecule has 0 aromatic carbocycles. The highest BCUT2D eigenvalue weighted by atomic mass is 79.9. The Morgan fingerprint density at radius 1 is 1.92 bits per heavy atom. The van der Waals surface area contributed by atoms with Crippen LogP contribution < -0.4 is 5.73 Å². The number of nitrogens with zero attached hydrogens (tertiary/aromatic N) is 1. The normalized spacial score (nSPS) is 12.8. The summed E-state index contributed by atoms with van der Waals surface area (Å²) in [6.45, 7) is 0. The van der Waals surface area contributed by atoms with Crippen molar-refractivity contribution in [1.29, 1.82) is 0 Å². The van der Waals surface area contributed by atoms with Crippen molar-refractivity contribution in [3.05, 3.63) is 16.8 Å². The lowest BCUT2D eigenvalue weighted by molar-refractivity contribution is -0.138. The van der Waals surface area contributed by atoms with E-state index < -0.39 is 12.0 Å². The average Bonchev–Trinajstić information content (AvgIpc) is 2.35. The van der Waals surface area contributed by atoms with Gasteiger partial charge in [0.2, 0.25) is 0 Å². The summed E-state index contributed by atoms with van der Waals surface area (Å²) in [4.78, 5) is 14.1. The van der Waals surface area contributed by atoms with Crippen LogP contribution in [0.25, 0.3) is 0 Å². The molecule has 0 saturated carbocycles. The molecule has 1 aromatic heterocycles. The molecule has 0 saturated heterocycles. The van der Waals surface area contributed by atoms with Crippen LogP contribution in [-0.4, -0.2) is 22.1 Å². The predicted octanol–water partition coefficient (Wildman–Crippen LogP) is 0.391. The van der Waals surface area contributed by atoms with Crippen molar-refractivity contribution in [3.63, 3.8) is 0 Å². The molecule has 0 aliphatic carbocycles. The fourth-order valence-electron chi connectivity index (χ4n) is 0.658. The Balaban J connectivity index is 2.58. The maximum atomic E-state index is 10.3. The van der Waals surface area contributed by atoms with Crippen molar-refractivity contribution in [3.8, 4) is 0 Å². The first kappa shape index (κ1) is 9.21. The number of carboxylic acid groups (broad SMARTS) is 1. The van der Waals surface area contributed by atoms with Crippen molar-refractivity contribution in [2.45, 2.75) is 12.5 Å². The van der Waals surface area contributed by atoms with Gasteiger partial charge < -0.3 is 15.3 Å². The lowest BCUT2D eigenvalue weighted by atomic mass is 10.2. The molecule has 1 aromatic rings. The van der Waals surface area contributed by atoms with Gasteiger partial charge in [0.15, 0.2) is 10.6 Å². The number of aliphatic carboxylic acids is 1. The first-order valence-corrected chi connectivity index (χ1v) is 3.97. The molecule has 3 N–H and O–H groups in total. The fourth-order valence-corrected chi connectivity index (χ4v) is 0.947. The van der Waals surface area contributed by atoms with Gasteiger partial charge in [0.1, 0.15) is 6.04 Å². The van der Waals surface area contributed by atoms with Crippen LogP contribution in [0, 0.1) is 0 Å². The van der Waals surface area contributed by atoms with Crippen molar-refractivity contribution < 1.29 is 14.3 Å². The third kappa shape index (κ3) is 2.31. The third-order valence-corrected chi connectivity index (χ3v) is 1.60. The summed E-state index contributed by atoms with van der Waals surface area (Å²) < 4.78 is 5.43. The van der Waals surface area contributed by atoms with Gasteiger partial charge in [-0.1, -0.05) is 0 Å². The average molecular weight is 235 g/mol. The van der Waals surface area contributed by atoms with Crippen LogP contribution in [0.15, 0.2) is 15.3 Å². The largest absolute Gasteiger partial charge is 0.480 e. The van der Waals surface area contributed by atoms with E-state index in [1.165, 1.54) is 6.20 Å². The summed E-state index contributed by atoms with van der Waals surface area (Å²) in [5.41, 5.74) is 5.24. The monoisotopic (exact) mass is 234 g/mol. The number of hydrogen-bond donors (Lipinski definition) is 2. The first-order chi connectivity index (χ1) is 5.59. The first-order valence-electron chi connectivity index (χ1n) is 3.18. The maximum absolute atomic E-state index is 10.3. The second kappa shape index (κ2) is 3.68. The molecule has 0 radical (unpaired) electrons. The smallest absolute Gasteiger partial charge is 0.321 e. The molecule has 0 fully saturated rings. The van der Waals surface area contributed by atoms with E-state index in [0.717, 1.165) is 0 Å². The van der Waals surface area contributed by atoms with E-state index in [0.29, 0.717) is 10.6 Å². The molecule has 1 rings (SSSR count). The van der Waals surface area contributed by atoms with Crippen molar-refractivity contribution in [2.24, 2.45) is 5.73 Å². The molecule has 0 aliphatic rings. The van der Waals surface area contributed by atoms with Gasteiger partial charge in [0.25, 0.3) is 0 Å². The maximum Gasteiger partial charge on any atom is 0.321 e. The van der Waals surface area contributed by atoms with E-state index in [1.54, 1.807) is 0 Å². The Morgan fingerprint density at radius 3 is 3.00 bits per heavy atom. The SMILES string of the molecule is N[C@@H](Cc1ncc(Br)o1)C(=O)O. The number of oxazole rings is 1. The van der Waals surface area contributed by atoms with Gasteiger partial charge in [-0.25, -0.2) is 4.98 Å². The van der Waals surface area contributed by atoms with Crippen LogP contribution in [0.2, 0.25) is 0 Å². The van der Waals surface area contributed by atoms with E-state index in [4.69, 9.17) is 15.3 Å². The standard InChI is InChI=1S/C6H7BrN2O3/c7-4-2-9-5(12-4)1-3(8)6(10)11/h2-3H,1,8H2,(H,10,11)/t3-/m0/s1. The zero-order valence-corrected chi connectivity index (χ0v) is 7.61. The minimum Gasteiger partial charge on any atom is -0.480 e. The van der Waals surface area contributed by atoms with Crippen LogP contribution in [0.3, 0.4) is 0 Å². The van der Waals surface area contributed by atoms with Crippen molar-refractivity contribution in [1.82, 2.24) is 4.98 Å². The van der Waals surface area contributed by atoms with E-state index >= 15 is 0 Å². The molecule has 0 amide bonds. The second-order valence-corrected chi connectivity index (χ2v) is 2.99. The molecular formula is C6H7BrN2O3. The Hall–Kier alpha value is -0.880. The molecule has 0 aliphatic heterocycles. The van der Waals surface area contributed by atoms with Crippen LogP contribution in [0.5, 0.6) is 0 Å². The predicted molar refractivity (Wildman–Crippen MR) is 43.5 cm³/mol. The Labute approximate surface area is 76.7 Å². The summed E-state index contributed by atoms with van der Waals surface area (Å²) >= 11 is 3.04. The number of halogens is 1. The van der Waals surface area contributed by atoms with Gasteiger partial charge in [-0.15, -0.1) is 0 Å². The number of rotatable bonds is 3. The molecule has 12 heavy (non-hydrogen) atoms. The van der Waals surface area contributed by atoms with Crippen LogP contribution in [0.1, 0.15) is 5.89 Å². The van der Waals surface area contributed by atoms with E-state index in [-0.39, 0.29) is 6.42 Å². The summed E-state index contributed by atoms with van der Waals surface area (Å²) in [7, 11) is 0. The van der Waals surface area contributed by atoms with Gasteiger partial charge in [0.05, 0.1) is 12.6 Å². The molecule has 5 nitrogen and oxygen atoms in total. The molecule has 6 heteroatoms. The van der Waals surface area contributed by atoms with Crippen molar-refractivity contribution in [2.75, 3.05) is 0 Å². The number of carboxylic acids is 1. The number of carbonyl (C=O) groups is 1. The minimum atomic E-state index is -1.07. The third-order valence-electron chi connectivity index (χ3n) is 1.24. The molecule has 0 unspecified atom stereocenters. The zero-order chi connectivity index (χ0) is 9.14. The second-order valence-electron chi connectivity index (χ2n) is 2.21. The zero-order valence-electron chi connectivity index (χ0n) is 6.03. The summed E-state index contributed by atoms with van der Waals surface area (Å²) in [5, 5.41) is 8.44. The van der Waals surface area contributed by atoms with Gasteiger partial charge in [0, 0.05) is 0 Å². The summed E-state index contributed by atoms with van der Waals surface area (Å²) in [6, 6.07) is -0.962. The highest BCUT2D eigenvalue weighted by molar-refractivity contribution is 9.10. The molecular weight excluding hydrogens is 228 g/mol. The van der Waals surface area contributed by atoms with Gasteiger partial charge in [-0.2, -0.15) is 0 Å². The molecule has 66 valence electrons. The lowest BCUT2D eigenvalue weighted by Crippen LogP contribution is -2.32. The summed E-state index contributed by atoms with van der Waals surface area (Å²) in [6.07, 6.45) is 1.55. The Kier molecular flexibility index (Phi) is 2.83. The number of hydrogen-bond acceptors (Lipinski definition) is 4. The Bertz CT molecular complexity index is 286. The van der Waals surface area contributed by atoms with E-state index in [2.05, 4.69) is 20.9 Å². The topological polar surface area (TPSA) is 89.4 Å². The van der Waals surface area contributed by atoms with Gasteiger partial charge in [-0.05, 0) is 15.9 Å². The fraction of sp³-hybridized carbons (Fsp3) is 0.333. The van der Waals surface area contributed by atoms with Crippen molar-refractivity contribution >= 4 is 21.9 Å². The highest BCUT2D eigenvalue weighted by Crippen LogP contribution is 2.11. The molecule has 1 atom stereocenters. The quantitative estimate of drug-likeness (QED) is 0.790. The lowest BCUT2D eigenvalue weighted by Gasteiger charge is -2.00. The molecule has 1 heterocycles. The summed E-state index contributed by atoms with van der Waals surface area (Å²) in [5.74, 6) is -0.749. The highest BCUT2D eigenvalue weighted by Gasteiger charge is 2.15. The van der Waals surface area contributed by atoms with Crippen LogP contribution >= 0.6 is 15.9 Å². The van der Waals surface area contributed by atoms with Gasteiger partial charge in [-0.3, -0.25) is 4.79 Å². The van der Waals surface area contributed by atoms with Gasteiger partial charge >= 0.3 is 5.97 Å². The number of nitrogens with two attached hydrogens (primary N) is 1. The van der Waals surface area contributed by atoms with E-state index in [9.17, 15) is 4.79 Å². The number of aromatic nitrogens is 1. The van der Waals surface area contributed by atoms with E-state index in [1.807, 2.05) is 0 Å². The Morgan fingerprint density at radius 2 is 2.58 bits per heavy atom. The molecule has 0 spiro atoms.